The molecule has 1 amide bonds. The van der Waals surface area contributed by atoms with Gasteiger partial charge in [-0.25, -0.2) is 0 Å². The van der Waals surface area contributed by atoms with Gasteiger partial charge in [-0.2, -0.15) is 11.8 Å². The Bertz CT molecular complexity index is 669. The first-order valence-corrected chi connectivity index (χ1v) is 9.63. The molecule has 1 aromatic carbocycles. The number of benzene rings is 1. The van der Waals surface area contributed by atoms with Crippen LogP contribution in [0.25, 0.3) is 0 Å². The summed E-state index contributed by atoms with van der Waals surface area (Å²) in [6.07, 6.45) is 4.16. The molecule has 1 heterocycles. The second-order valence-electron chi connectivity index (χ2n) is 4.95. The third-order valence-electron chi connectivity index (χ3n) is 3.43. The number of rotatable bonds is 8. The smallest absolute Gasteiger partial charge is 0.265 e. The quantitative estimate of drug-likeness (QED) is 0.760. The third-order valence-corrected chi connectivity index (χ3v) is 5.56. The highest BCUT2D eigenvalue weighted by molar-refractivity contribution is 7.98. The minimum absolute atomic E-state index is 0.305. The van der Waals surface area contributed by atoms with Gasteiger partial charge in [-0.3, -0.25) is 10.1 Å². The van der Waals surface area contributed by atoms with Gasteiger partial charge in [-0.15, -0.1) is 10.2 Å². The Morgan fingerprint density at radius 1 is 1.29 bits per heavy atom. The molecule has 1 atom stereocenters. The number of methoxy groups -OCH3 is 2. The van der Waals surface area contributed by atoms with Crippen molar-refractivity contribution in [3.8, 4) is 11.5 Å². The van der Waals surface area contributed by atoms with E-state index in [-0.39, 0.29) is 5.91 Å². The number of carbonyl (C=O) groups is 1. The number of nitrogens with one attached hydrogen (secondary N) is 1. The van der Waals surface area contributed by atoms with Crippen LogP contribution in [0.15, 0.2) is 18.2 Å². The van der Waals surface area contributed by atoms with Crippen molar-refractivity contribution in [1.29, 1.82) is 0 Å². The van der Waals surface area contributed by atoms with Crippen LogP contribution in [-0.2, 0) is 0 Å². The molecular formula is C16H21N3O3S2. The first-order valence-electron chi connectivity index (χ1n) is 7.53. The van der Waals surface area contributed by atoms with Crippen LogP contribution in [0, 0.1) is 0 Å². The molecule has 0 fully saturated rings. The number of aromatic nitrogens is 2. The van der Waals surface area contributed by atoms with Crippen molar-refractivity contribution in [2.45, 2.75) is 25.0 Å². The molecule has 6 nitrogen and oxygen atoms in total. The number of hydrogen-bond acceptors (Lipinski definition) is 7. The lowest BCUT2D eigenvalue weighted by molar-refractivity contribution is 0.102. The standard InChI is InChI=1S/C16H21N3O3S2/c1-5-7-12(23-4)15-18-19-16(24-15)17-14(20)13-10(21-2)8-6-9-11(13)22-3/h6,8-9,12H,5,7H2,1-4H3,(H,17,19,20). The van der Waals surface area contributed by atoms with Crippen molar-refractivity contribution in [3.05, 3.63) is 28.8 Å². The van der Waals surface area contributed by atoms with E-state index < -0.39 is 0 Å². The normalized spacial score (nSPS) is 11.8. The topological polar surface area (TPSA) is 73.3 Å². The largest absolute Gasteiger partial charge is 0.496 e. The van der Waals surface area contributed by atoms with Crippen LogP contribution in [0.5, 0.6) is 11.5 Å². The Morgan fingerprint density at radius 3 is 2.50 bits per heavy atom. The molecule has 0 aliphatic heterocycles. The third kappa shape index (κ3) is 4.18. The van der Waals surface area contributed by atoms with Crippen molar-refractivity contribution in [2.24, 2.45) is 0 Å². The van der Waals surface area contributed by atoms with E-state index in [1.807, 2.05) is 0 Å². The zero-order valence-electron chi connectivity index (χ0n) is 14.2. The maximum Gasteiger partial charge on any atom is 0.265 e. The molecule has 2 rings (SSSR count). The summed E-state index contributed by atoms with van der Waals surface area (Å²) >= 11 is 3.14. The van der Waals surface area contributed by atoms with Crippen LogP contribution in [0.1, 0.15) is 40.4 Å². The van der Waals surface area contributed by atoms with Crippen LogP contribution >= 0.6 is 23.1 Å². The van der Waals surface area contributed by atoms with Gasteiger partial charge in [0.1, 0.15) is 22.1 Å². The Kier molecular flexibility index (Phi) is 6.86. The number of carbonyl (C=O) groups excluding carboxylic acids is 1. The van der Waals surface area contributed by atoms with Gasteiger partial charge in [0, 0.05) is 0 Å². The van der Waals surface area contributed by atoms with Gasteiger partial charge in [-0.1, -0.05) is 30.7 Å². The van der Waals surface area contributed by atoms with Crippen LogP contribution in [0.3, 0.4) is 0 Å². The highest BCUT2D eigenvalue weighted by Crippen LogP contribution is 2.35. The van der Waals surface area contributed by atoms with Crippen LogP contribution in [0.4, 0.5) is 5.13 Å². The van der Waals surface area contributed by atoms with E-state index in [1.54, 1.807) is 30.0 Å². The predicted octanol–water partition coefficient (Wildman–Crippen LogP) is 4.01. The molecule has 0 saturated heterocycles. The molecule has 130 valence electrons. The molecule has 0 aliphatic carbocycles. The molecule has 8 heteroatoms. The molecule has 0 saturated carbocycles. The summed E-state index contributed by atoms with van der Waals surface area (Å²) in [6, 6.07) is 5.20. The average molecular weight is 367 g/mol. The second-order valence-corrected chi connectivity index (χ2v) is 7.00. The number of ether oxygens (including phenoxy) is 2. The van der Waals surface area contributed by atoms with Crippen LogP contribution in [-0.4, -0.2) is 36.6 Å². The summed E-state index contributed by atoms with van der Waals surface area (Å²) in [7, 11) is 3.03. The maximum atomic E-state index is 12.6. The van der Waals surface area contributed by atoms with E-state index in [9.17, 15) is 4.79 Å². The van der Waals surface area contributed by atoms with Gasteiger partial charge in [0.05, 0.1) is 19.5 Å². The second kappa shape index (κ2) is 8.89. The predicted molar refractivity (Wildman–Crippen MR) is 98.6 cm³/mol. The monoisotopic (exact) mass is 367 g/mol. The van der Waals surface area contributed by atoms with Gasteiger partial charge in [0.2, 0.25) is 5.13 Å². The van der Waals surface area contributed by atoms with Gasteiger partial charge in [-0.05, 0) is 24.8 Å². The Balaban J connectivity index is 2.20. The fraction of sp³-hybridized carbons (Fsp3) is 0.438. The lowest BCUT2D eigenvalue weighted by Crippen LogP contribution is -2.14. The van der Waals surface area contributed by atoms with Gasteiger partial charge in [0.15, 0.2) is 0 Å². The summed E-state index contributed by atoms with van der Waals surface area (Å²) in [6.45, 7) is 2.14. The summed E-state index contributed by atoms with van der Waals surface area (Å²) in [5, 5.41) is 12.8. The number of nitrogens with zero attached hydrogens (tertiary/aromatic N) is 2. The van der Waals surface area contributed by atoms with E-state index in [0.717, 1.165) is 17.8 Å². The summed E-state index contributed by atoms with van der Waals surface area (Å²) < 4.78 is 10.5. The molecule has 0 aliphatic rings. The Labute approximate surface area is 150 Å². The number of hydrogen-bond donors (Lipinski definition) is 1. The first-order chi connectivity index (χ1) is 11.6. The molecule has 1 N–H and O–H groups in total. The van der Waals surface area contributed by atoms with E-state index in [1.165, 1.54) is 25.6 Å². The van der Waals surface area contributed by atoms with Crippen LogP contribution in [0.2, 0.25) is 0 Å². The molecule has 0 spiro atoms. The van der Waals surface area contributed by atoms with Crippen molar-refractivity contribution < 1.29 is 14.3 Å². The number of thioether (sulfide) groups is 1. The molecule has 0 radical (unpaired) electrons. The van der Waals surface area contributed by atoms with Crippen molar-refractivity contribution in [1.82, 2.24) is 10.2 Å². The van der Waals surface area contributed by atoms with E-state index in [0.29, 0.717) is 27.4 Å². The highest BCUT2D eigenvalue weighted by atomic mass is 32.2. The summed E-state index contributed by atoms with van der Waals surface area (Å²) in [5.74, 6) is 0.567. The van der Waals surface area contributed by atoms with Crippen molar-refractivity contribution >= 4 is 34.1 Å². The molecule has 1 unspecified atom stereocenters. The zero-order valence-corrected chi connectivity index (χ0v) is 15.8. The van der Waals surface area contributed by atoms with Gasteiger partial charge >= 0.3 is 0 Å². The van der Waals surface area contributed by atoms with Crippen LogP contribution < -0.4 is 14.8 Å². The first kappa shape index (κ1) is 18.5. The number of anilines is 1. The molecule has 2 aromatic rings. The maximum absolute atomic E-state index is 12.6. The Hall–Kier alpha value is -1.80. The zero-order chi connectivity index (χ0) is 17.5. The van der Waals surface area contributed by atoms with E-state index in [2.05, 4.69) is 28.7 Å². The summed E-state index contributed by atoms with van der Waals surface area (Å²) in [4.78, 5) is 12.6. The molecule has 1 aromatic heterocycles. The minimum atomic E-state index is -0.330. The van der Waals surface area contributed by atoms with Crippen molar-refractivity contribution in [3.63, 3.8) is 0 Å². The highest BCUT2D eigenvalue weighted by Gasteiger charge is 2.21. The van der Waals surface area contributed by atoms with E-state index >= 15 is 0 Å². The lowest BCUT2D eigenvalue weighted by atomic mass is 10.1. The van der Waals surface area contributed by atoms with Crippen molar-refractivity contribution in [2.75, 3.05) is 25.8 Å². The fourth-order valence-corrected chi connectivity index (χ4v) is 4.16. The van der Waals surface area contributed by atoms with Gasteiger partial charge < -0.3 is 9.47 Å². The lowest BCUT2D eigenvalue weighted by Gasteiger charge is -2.11. The molecule has 0 bridgehead atoms. The van der Waals surface area contributed by atoms with Gasteiger partial charge in [0.25, 0.3) is 5.91 Å². The minimum Gasteiger partial charge on any atom is -0.496 e. The van der Waals surface area contributed by atoms with E-state index in [4.69, 9.17) is 9.47 Å². The summed E-state index contributed by atoms with van der Waals surface area (Å²) in [5.41, 5.74) is 0.342. The SMILES string of the molecule is CCCC(SC)c1nnc(NC(=O)c2c(OC)cccc2OC)s1. The number of amides is 1. The average Bonchev–Trinajstić information content (AvgIpc) is 3.06. The fourth-order valence-electron chi connectivity index (χ4n) is 2.25. The Morgan fingerprint density at radius 2 is 1.96 bits per heavy atom. The molecule has 24 heavy (non-hydrogen) atoms. The molecular weight excluding hydrogens is 346 g/mol.